The minimum absolute atomic E-state index is 0.0680. The lowest BCUT2D eigenvalue weighted by atomic mass is 9.98. The first kappa shape index (κ1) is 21.0. The Balaban J connectivity index is 1.51. The molecular weight excluding hydrogens is 434 g/mol. The number of carbonyl (C=O) groups is 1. The molecule has 30 heavy (non-hydrogen) atoms. The lowest BCUT2D eigenvalue weighted by Gasteiger charge is -2.31. The zero-order chi connectivity index (χ0) is 21.5. The second-order valence-electron chi connectivity index (χ2n) is 7.32. The smallest absolute Gasteiger partial charge is 0.248 e. The van der Waals surface area contributed by atoms with Gasteiger partial charge in [0.05, 0.1) is 16.6 Å². The third-order valence-electron chi connectivity index (χ3n) is 5.21. The second-order valence-corrected chi connectivity index (χ2v) is 9.60. The molecule has 162 valence electrons. The Bertz CT molecular complexity index is 1060. The third kappa shape index (κ3) is 3.86. The molecular formula is C19H22ClN3O6S. The van der Waals surface area contributed by atoms with Crippen LogP contribution < -0.4 is 14.8 Å². The van der Waals surface area contributed by atoms with Crippen LogP contribution in [0.15, 0.2) is 21.6 Å². The highest BCUT2D eigenvalue weighted by molar-refractivity contribution is 7.89. The lowest BCUT2D eigenvalue weighted by molar-refractivity contribution is -0.120. The van der Waals surface area contributed by atoms with Crippen molar-refractivity contribution in [2.24, 2.45) is 5.92 Å². The number of aromatic nitrogens is 1. The van der Waals surface area contributed by atoms with Gasteiger partial charge in [-0.15, -0.1) is 0 Å². The Kier molecular flexibility index (Phi) is 5.65. The molecule has 4 rings (SSSR count). The number of rotatable bonds is 4. The predicted octanol–water partition coefficient (Wildman–Crippen LogP) is 2.76. The SMILES string of the molecule is Cc1noc(C)c1S(=O)(=O)N1CCCC(C(=O)Nc2cc3c(cc2Cl)OCCO3)C1. The molecule has 0 aliphatic carbocycles. The number of aryl methyl sites for hydroxylation is 2. The summed E-state index contributed by atoms with van der Waals surface area (Å²) in [4.78, 5) is 13.0. The van der Waals surface area contributed by atoms with Gasteiger partial charge in [-0.2, -0.15) is 4.31 Å². The fourth-order valence-corrected chi connectivity index (χ4v) is 5.76. The van der Waals surface area contributed by atoms with Gasteiger partial charge in [-0.1, -0.05) is 16.8 Å². The highest BCUT2D eigenvalue weighted by Gasteiger charge is 2.36. The third-order valence-corrected chi connectivity index (χ3v) is 7.63. The number of halogens is 1. The topological polar surface area (TPSA) is 111 Å². The van der Waals surface area contributed by atoms with Gasteiger partial charge in [0, 0.05) is 25.2 Å². The zero-order valence-corrected chi connectivity index (χ0v) is 18.2. The molecule has 0 radical (unpaired) electrons. The maximum Gasteiger partial charge on any atom is 0.248 e. The highest BCUT2D eigenvalue weighted by Crippen LogP contribution is 2.38. The summed E-state index contributed by atoms with van der Waals surface area (Å²) in [6.45, 7) is 4.40. The minimum atomic E-state index is -3.81. The monoisotopic (exact) mass is 455 g/mol. The quantitative estimate of drug-likeness (QED) is 0.754. The first-order valence-corrected chi connectivity index (χ1v) is 11.4. The summed E-state index contributed by atoms with van der Waals surface area (Å²) in [6.07, 6.45) is 1.14. The normalized spacial score (nSPS) is 19.5. The van der Waals surface area contributed by atoms with Gasteiger partial charge in [0.15, 0.2) is 17.3 Å². The van der Waals surface area contributed by atoms with Crippen molar-refractivity contribution in [3.05, 3.63) is 28.6 Å². The summed E-state index contributed by atoms with van der Waals surface area (Å²) in [5.74, 6) is 0.457. The molecule has 0 bridgehead atoms. The second kappa shape index (κ2) is 8.09. The number of piperidine rings is 1. The summed E-state index contributed by atoms with van der Waals surface area (Å²) in [6, 6.07) is 3.22. The van der Waals surface area contributed by atoms with E-state index >= 15 is 0 Å². The Morgan fingerprint density at radius 3 is 2.60 bits per heavy atom. The molecule has 0 saturated carbocycles. The van der Waals surface area contributed by atoms with E-state index in [4.69, 9.17) is 25.6 Å². The molecule has 1 aromatic carbocycles. The average molecular weight is 456 g/mol. The predicted molar refractivity (Wildman–Crippen MR) is 109 cm³/mol. The lowest BCUT2D eigenvalue weighted by Crippen LogP contribution is -2.44. The summed E-state index contributed by atoms with van der Waals surface area (Å²) in [5, 5.41) is 6.86. The Labute approximate surface area is 179 Å². The molecule has 1 fully saturated rings. The standard InChI is InChI=1S/C19H22ClN3O6S/c1-11-18(12(2)29-22-11)30(25,26)23-5-3-4-13(10-23)19(24)21-15-9-17-16(8-14(15)20)27-6-7-28-17/h8-9,13H,3-7,10H2,1-2H3,(H,21,24). The van der Waals surface area contributed by atoms with Crippen molar-refractivity contribution >= 4 is 33.2 Å². The summed E-state index contributed by atoms with van der Waals surface area (Å²) in [7, 11) is -3.81. The van der Waals surface area contributed by atoms with Crippen molar-refractivity contribution in [3.8, 4) is 11.5 Å². The molecule has 2 aromatic rings. The van der Waals surface area contributed by atoms with Gasteiger partial charge in [-0.3, -0.25) is 4.79 Å². The van der Waals surface area contributed by atoms with Gasteiger partial charge >= 0.3 is 0 Å². The molecule has 2 aliphatic rings. The van der Waals surface area contributed by atoms with Gasteiger partial charge in [-0.25, -0.2) is 8.42 Å². The van der Waals surface area contributed by atoms with Crippen LogP contribution in [0.5, 0.6) is 11.5 Å². The summed E-state index contributed by atoms with van der Waals surface area (Å²) >= 11 is 6.27. The zero-order valence-electron chi connectivity index (χ0n) is 16.6. The molecule has 3 heterocycles. The van der Waals surface area contributed by atoms with Crippen molar-refractivity contribution in [2.75, 3.05) is 31.6 Å². The Morgan fingerprint density at radius 1 is 1.23 bits per heavy atom. The number of nitrogens with zero attached hydrogens (tertiary/aromatic N) is 2. The number of hydrogen-bond acceptors (Lipinski definition) is 7. The van der Waals surface area contributed by atoms with Gasteiger partial charge < -0.3 is 19.3 Å². The van der Waals surface area contributed by atoms with Crippen LogP contribution in [0.1, 0.15) is 24.3 Å². The van der Waals surface area contributed by atoms with Crippen LogP contribution in [0.3, 0.4) is 0 Å². The van der Waals surface area contributed by atoms with E-state index in [1.807, 2.05) is 0 Å². The largest absolute Gasteiger partial charge is 0.486 e. The first-order valence-electron chi connectivity index (χ1n) is 9.60. The number of anilines is 1. The van der Waals surface area contributed by atoms with E-state index in [1.165, 1.54) is 4.31 Å². The van der Waals surface area contributed by atoms with Crippen LogP contribution in [-0.4, -0.2) is 50.1 Å². The minimum Gasteiger partial charge on any atom is -0.486 e. The van der Waals surface area contributed by atoms with Gasteiger partial charge in [-0.05, 0) is 26.7 Å². The number of benzene rings is 1. The molecule has 11 heteroatoms. The van der Waals surface area contributed by atoms with Crippen LogP contribution in [-0.2, 0) is 14.8 Å². The van der Waals surface area contributed by atoms with E-state index in [-0.39, 0.29) is 23.1 Å². The van der Waals surface area contributed by atoms with Crippen molar-refractivity contribution in [2.45, 2.75) is 31.6 Å². The van der Waals surface area contributed by atoms with Crippen LogP contribution in [0.2, 0.25) is 5.02 Å². The fraction of sp³-hybridized carbons (Fsp3) is 0.474. The van der Waals surface area contributed by atoms with E-state index in [1.54, 1.807) is 26.0 Å². The van der Waals surface area contributed by atoms with Crippen molar-refractivity contribution in [1.82, 2.24) is 9.46 Å². The number of sulfonamides is 1. The summed E-state index contributed by atoms with van der Waals surface area (Å²) < 4.78 is 43.5. The van der Waals surface area contributed by atoms with E-state index in [0.717, 1.165) is 0 Å². The molecule has 1 N–H and O–H groups in total. The van der Waals surface area contributed by atoms with Crippen molar-refractivity contribution < 1.29 is 27.2 Å². The molecule has 1 unspecified atom stereocenters. The maximum absolute atomic E-state index is 13.1. The molecule has 1 aromatic heterocycles. The van der Waals surface area contributed by atoms with Crippen LogP contribution in [0, 0.1) is 19.8 Å². The highest BCUT2D eigenvalue weighted by atomic mass is 35.5. The molecule has 1 saturated heterocycles. The molecule has 9 nitrogen and oxygen atoms in total. The van der Waals surface area contributed by atoms with E-state index < -0.39 is 15.9 Å². The van der Waals surface area contributed by atoms with Gasteiger partial charge in [0.25, 0.3) is 0 Å². The van der Waals surface area contributed by atoms with Gasteiger partial charge in [0.1, 0.15) is 23.8 Å². The van der Waals surface area contributed by atoms with Crippen molar-refractivity contribution in [1.29, 1.82) is 0 Å². The number of fused-ring (bicyclic) bond motifs is 1. The number of amides is 1. The average Bonchev–Trinajstić information content (AvgIpc) is 3.07. The molecule has 1 amide bonds. The first-order chi connectivity index (χ1) is 14.3. The Morgan fingerprint density at radius 2 is 1.93 bits per heavy atom. The van der Waals surface area contributed by atoms with Gasteiger partial charge in [0.2, 0.25) is 15.9 Å². The molecule has 0 spiro atoms. The van der Waals surface area contributed by atoms with E-state index in [9.17, 15) is 13.2 Å². The number of carbonyl (C=O) groups excluding carboxylic acids is 1. The van der Waals surface area contributed by atoms with Crippen LogP contribution in [0.25, 0.3) is 0 Å². The van der Waals surface area contributed by atoms with Crippen LogP contribution in [0.4, 0.5) is 5.69 Å². The van der Waals surface area contributed by atoms with E-state index in [0.29, 0.717) is 60.5 Å². The number of ether oxygens (including phenoxy) is 2. The molecule has 2 aliphatic heterocycles. The molecule has 1 atom stereocenters. The number of hydrogen-bond donors (Lipinski definition) is 1. The summed E-state index contributed by atoms with van der Waals surface area (Å²) in [5.41, 5.74) is 0.707. The van der Waals surface area contributed by atoms with Crippen molar-refractivity contribution in [3.63, 3.8) is 0 Å². The van der Waals surface area contributed by atoms with E-state index in [2.05, 4.69) is 10.5 Å². The number of nitrogens with one attached hydrogen (secondary N) is 1. The fourth-order valence-electron chi connectivity index (χ4n) is 3.74. The van der Waals surface area contributed by atoms with Crippen LogP contribution >= 0.6 is 11.6 Å². The Hall–Kier alpha value is -2.30. The maximum atomic E-state index is 13.1.